The van der Waals surface area contributed by atoms with E-state index in [1.165, 1.54) is 13.2 Å². The Hall–Kier alpha value is -1.26. The van der Waals surface area contributed by atoms with Gasteiger partial charge in [0, 0.05) is 6.08 Å². The van der Waals surface area contributed by atoms with Crippen LogP contribution in [0.1, 0.15) is 0 Å². The number of halogens is 1. The van der Waals surface area contributed by atoms with Gasteiger partial charge in [-0.1, -0.05) is 9.58 Å². The predicted octanol–water partition coefficient (Wildman–Crippen LogP) is -0.0321. The van der Waals surface area contributed by atoms with Gasteiger partial charge in [0.15, 0.2) is 0 Å². The Morgan fingerprint density at radius 3 is 3.22 bits per heavy atom. The molecule has 0 aromatic rings. The van der Waals surface area contributed by atoms with Crippen LogP contribution in [-0.4, -0.2) is 18.3 Å². The van der Waals surface area contributed by atoms with Gasteiger partial charge in [0.2, 0.25) is 5.90 Å². The van der Waals surface area contributed by atoms with Crippen LogP contribution in [0.2, 0.25) is 0 Å². The number of nitrogens with zero attached hydrogens (tertiary/aromatic N) is 2. The van der Waals surface area contributed by atoms with Gasteiger partial charge in [-0.2, -0.15) is 0 Å². The summed E-state index contributed by atoms with van der Waals surface area (Å²) in [5.74, 6) is 0.177. The summed E-state index contributed by atoms with van der Waals surface area (Å²) in [6, 6.07) is 0. The van der Waals surface area contributed by atoms with Crippen LogP contribution in [0.25, 0.3) is 0 Å². The minimum atomic E-state index is 0.0127. The Balaban J connectivity index is 2.59. The zero-order valence-electron chi connectivity index (χ0n) is 4.76. The summed E-state index contributed by atoms with van der Waals surface area (Å²) >= 11 is 0. The van der Waals surface area contributed by atoms with Gasteiger partial charge in [0.05, 0.1) is 13.3 Å². The lowest BCUT2D eigenvalue weighted by molar-refractivity contribution is -0.0202. The van der Waals surface area contributed by atoms with E-state index in [-0.39, 0.29) is 11.2 Å². The largest absolute Gasteiger partial charge is 0.480 e. The van der Waals surface area contributed by atoms with Crippen molar-refractivity contribution >= 4 is 5.90 Å². The van der Waals surface area contributed by atoms with Crippen molar-refractivity contribution in [2.75, 3.05) is 7.11 Å². The molecule has 1 heterocycles. The molecule has 0 aromatic carbocycles. The Bertz CT molecular complexity index is 156. The summed E-state index contributed by atoms with van der Waals surface area (Å²) in [7, 11) is 1.40. The number of hydrazone groups is 1. The molecule has 0 bridgehead atoms. The number of hydrazine groups is 1. The number of methoxy groups -OCH3 is 1. The first-order valence-corrected chi connectivity index (χ1v) is 2.26. The molecule has 49 valence electrons. The normalized spacial score (nSPS) is 16.7. The number of ether oxygens (including phenoxy) is 1. The first-order chi connectivity index (χ1) is 4.33. The first kappa shape index (κ1) is 5.87. The lowest BCUT2D eigenvalue weighted by Gasteiger charge is -2.10. The van der Waals surface area contributed by atoms with Gasteiger partial charge in [-0.15, -0.1) is 0 Å². The molecule has 9 heavy (non-hydrogen) atoms. The molecule has 0 spiro atoms. The fourth-order valence-corrected chi connectivity index (χ4v) is 0.387. The third-order valence-corrected chi connectivity index (χ3v) is 0.748. The molecule has 0 atom stereocenters. The molecular weight excluding hydrogens is 125 g/mol. The van der Waals surface area contributed by atoms with Crippen LogP contribution in [-0.2, 0) is 4.74 Å². The van der Waals surface area contributed by atoms with Gasteiger partial charge in [0.1, 0.15) is 0 Å². The third-order valence-electron chi connectivity index (χ3n) is 0.748. The summed E-state index contributed by atoms with van der Waals surface area (Å²) in [5.41, 5.74) is 2.04. The number of nitrogens with one attached hydrogen (secondary N) is 1. The van der Waals surface area contributed by atoms with E-state index in [2.05, 4.69) is 16.0 Å². The molecule has 5 heteroatoms. The van der Waals surface area contributed by atoms with Gasteiger partial charge >= 0.3 is 0 Å². The Morgan fingerprint density at radius 1 is 2.00 bits per heavy atom. The third kappa shape index (κ3) is 1.31. The standard InChI is InChI=1S/C4H5FN3O/c1-9-4-2-3-6-8(5)7-4/h2,6H,1H3. The molecule has 0 amide bonds. The Labute approximate surface area is 51.5 Å². The number of hydrogen-bond acceptors (Lipinski definition) is 4. The monoisotopic (exact) mass is 130 g/mol. The van der Waals surface area contributed by atoms with Crippen molar-refractivity contribution < 1.29 is 9.22 Å². The second-order valence-electron chi connectivity index (χ2n) is 1.30. The van der Waals surface area contributed by atoms with E-state index in [1.54, 1.807) is 0 Å². The van der Waals surface area contributed by atoms with Crippen LogP contribution < -0.4 is 5.43 Å². The maximum Gasteiger partial charge on any atom is 0.237 e. The molecule has 0 aromatic heterocycles. The predicted molar refractivity (Wildman–Crippen MR) is 28.3 cm³/mol. The summed E-state index contributed by atoms with van der Waals surface area (Å²) in [6.45, 7) is 0. The zero-order chi connectivity index (χ0) is 6.69. The van der Waals surface area contributed by atoms with E-state index in [0.717, 1.165) is 0 Å². The van der Waals surface area contributed by atoms with E-state index in [0.29, 0.717) is 0 Å². The maximum atomic E-state index is 12.0. The first-order valence-electron chi connectivity index (χ1n) is 2.26. The Morgan fingerprint density at radius 2 is 2.78 bits per heavy atom. The summed E-state index contributed by atoms with van der Waals surface area (Å²) in [5, 5.41) is 3.25. The quantitative estimate of drug-likeness (QED) is 0.468. The van der Waals surface area contributed by atoms with Crippen molar-refractivity contribution in [1.82, 2.24) is 10.8 Å². The van der Waals surface area contributed by atoms with Crippen molar-refractivity contribution in [2.24, 2.45) is 5.10 Å². The van der Waals surface area contributed by atoms with Gasteiger partial charge < -0.3 is 4.74 Å². The van der Waals surface area contributed by atoms with Crippen LogP contribution in [0.3, 0.4) is 0 Å². The SMILES string of the molecule is COC1=NN(F)N[C]=C1. The molecule has 0 fully saturated rings. The van der Waals surface area contributed by atoms with Gasteiger partial charge in [-0.25, -0.2) is 0 Å². The van der Waals surface area contributed by atoms with Crippen molar-refractivity contribution in [3.8, 4) is 0 Å². The smallest absolute Gasteiger partial charge is 0.237 e. The molecule has 1 rings (SSSR count). The average Bonchev–Trinajstić information content (AvgIpc) is 1.88. The lowest BCUT2D eigenvalue weighted by Crippen LogP contribution is -2.26. The highest BCUT2D eigenvalue weighted by atomic mass is 19.2. The molecule has 1 aliphatic heterocycles. The average molecular weight is 130 g/mol. The van der Waals surface area contributed by atoms with Crippen LogP contribution in [0.5, 0.6) is 0 Å². The molecule has 0 saturated heterocycles. The molecule has 0 unspecified atom stereocenters. The van der Waals surface area contributed by atoms with E-state index in [9.17, 15) is 4.48 Å². The lowest BCUT2D eigenvalue weighted by atomic mass is 10.6. The molecule has 1 radical (unpaired) electrons. The van der Waals surface area contributed by atoms with Crippen molar-refractivity contribution in [1.29, 1.82) is 0 Å². The van der Waals surface area contributed by atoms with E-state index in [1.807, 2.05) is 5.43 Å². The number of hydrogen-bond donors (Lipinski definition) is 1. The maximum absolute atomic E-state index is 12.0. The molecule has 4 nitrogen and oxygen atoms in total. The van der Waals surface area contributed by atoms with Gasteiger partial charge in [-0.3, -0.25) is 5.43 Å². The zero-order valence-corrected chi connectivity index (χ0v) is 4.76. The fraction of sp³-hybridized carbons (Fsp3) is 0.250. The van der Waals surface area contributed by atoms with Crippen molar-refractivity contribution in [3.63, 3.8) is 0 Å². The topological polar surface area (TPSA) is 36.9 Å². The summed E-state index contributed by atoms with van der Waals surface area (Å²) < 4.78 is 16.6. The van der Waals surface area contributed by atoms with E-state index >= 15 is 0 Å². The highest BCUT2D eigenvalue weighted by Gasteiger charge is 2.02. The summed E-state index contributed by atoms with van der Waals surface area (Å²) in [4.78, 5) is 0. The second-order valence-corrected chi connectivity index (χ2v) is 1.30. The molecule has 1 aliphatic rings. The Kier molecular flexibility index (Phi) is 1.53. The highest BCUT2D eigenvalue weighted by Crippen LogP contribution is 1.93. The van der Waals surface area contributed by atoms with Gasteiger partial charge in [0.25, 0.3) is 0 Å². The van der Waals surface area contributed by atoms with Crippen LogP contribution in [0.4, 0.5) is 4.48 Å². The summed E-state index contributed by atoms with van der Waals surface area (Å²) in [6.07, 6.45) is 3.74. The fourth-order valence-electron chi connectivity index (χ4n) is 0.387. The second kappa shape index (κ2) is 2.34. The highest BCUT2D eigenvalue weighted by molar-refractivity contribution is 5.86. The van der Waals surface area contributed by atoms with Gasteiger partial charge in [-0.05, 0) is 5.34 Å². The van der Waals surface area contributed by atoms with Crippen LogP contribution >= 0.6 is 0 Å². The van der Waals surface area contributed by atoms with Crippen molar-refractivity contribution in [3.05, 3.63) is 12.3 Å². The number of rotatable bonds is 0. The van der Waals surface area contributed by atoms with Crippen LogP contribution in [0, 0.1) is 6.20 Å². The molecule has 1 N–H and O–H groups in total. The minimum Gasteiger partial charge on any atom is -0.480 e. The molecular formula is C4H5FN3O. The molecule has 0 aliphatic carbocycles. The van der Waals surface area contributed by atoms with E-state index < -0.39 is 0 Å². The molecule has 0 saturated carbocycles. The van der Waals surface area contributed by atoms with Crippen molar-refractivity contribution in [2.45, 2.75) is 0 Å². The van der Waals surface area contributed by atoms with E-state index in [4.69, 9.17) is 0 Å². The van der Waals surface area contributed by atoms with Crippen LogP contribution in [0.15, 0.2) is 11.2 Å². The minimum absolute atomic E-state index is 0.0127.